The fraction of sp³-hybridized carbons (Fsp3) is 0.500. The van der Waals surface area contributed by atoms with Crippen molar-refractivity contribution in [1.82, 2.24) is 5.32 Å². The highest BCUT2D eigenvalue weighted by atomic mass is 16.2. The van der Waals surface area contributed by atoms with E-state index in [-0.39, 0.29) is 5.91 Å². The van der Waals surface area contributed by atoms with Crippen LogP contribution >= 0.6 is 0 Å². The van der Waals surface area contributed by atoms with Gasteiger partial charge in [-0.05, 0) is 30.4 Å². The van der Waals surface area contributed by atoms with Gasteiger partial charge < -0.3 is 5.32 Å². The van der Waals surface area contributed by atoms with Crippen molar-refractivity contribution in [3.8, 4) is 6.07 Å². The van der Waals surface area contributed by atoms with Gasteiger partial charge in [0.2, 0.25) is 5.91 Å². The van der Waals surface area contributed by atoms with Crippen molar-refractivity contribution in [2.24, 2.45) is 5.41 Å². The summed E-state index contributed by atoms with van der Waals surface area (Å²) < 4.78 is 0. The molecule has 1 aliphatic carbocycles. The number of nitrogens with zero attached hydrogens (tertiary/aromatic N) is 1. The van der Waals surface area contributed by atoms with Crippen LogP contribution in [0.3, 0.4) is 0 Å². The van der Waals surface area contributed by atoms with Crippen LogP contribution in [0.25, 0.3) is 0 Å². The quantitative estimate of drug-likeness (QED) is 0.900. The van der Waals surface area contributed by atoms with Crippen molar-refractivity contribution in [1.29, 1.82) is 5.26 Å². The predicted molar refractivity (Wildman–Crippen MR) is 74.2 cm³/mol. The highest BCUT2D eigenvalue weighted by molar-refractivity contribution is 5.85. The number of rotatable bonds is 4. The van der Waals surface area contributed by atoms with Gasteiger partial charge >= 0.3 is 0 Å². The lowest BCUT2D eigenvalue weighted by Gasteiger charge is -2.19. The molecular formula is C16H20N2O. The molecule has 1 fully saturated rings. The zero-order valence-corrected chi connectivity index (χ0v) is 11.4. The van der Waals surface area contributed by atoms with Crippen LogP contribution in [0.2, 0.25) is 0 Å². The van der Waals surface area contributed by atoms with Gasteiger partial charge in [0.15, 0.2) is 0 Å². The summed E-state index contributed by atoms with van der Waals surface area (Å²) in [6, 6.07) is 10.3. The van der Waals surface area contributed by atoms with E-state index in [0.29, 0.717) is 19.4 Å². The fourth-order valence-electron chi connectivity index (χ4n) is 2.79. The predicted octanol–water partition coefficient (Wildman–Crippen LogP) is 2.95. The molecule has 0 bridgehead atoms. The number of aryl methyl sites for hydroxylation is 1. The van der Waals surface area contributed by atoms with Gasteiger partial charge in [-0.15, -0.1) is 0 Å². The molecular weight excluding hydrogens is 236 g/mol. The first-order valence-electron chi connectivity index (χ1n) is 6.98. The summed E-state index contributed by atoms with van der Waals surface area (Å²) in [6.45, 7) is 2.63. The molecule has 1 aromatic rings. The van der Waals surface area contributed by atoms with E-state index >= 15 is 0 Å². The maximum absolute atomic E-state index is 12.2. The Balaban J connectivity index is 2.02. The van der Waals surface area contributed by atoms with Crippen LogP contribution in [0.5, 0.6) is 0 Å². The number of hydrogen-bond donors (Lipinski definition) is 1. The largest absolute Gasteiger partial charge is 0.351 e. The van der Waals surface area contributed by atoms with Gasteiger partial charge in [0.1, 0.15) is 5.41 Å². The van der Waals surface area contributed by atoms with E-state index in [1.54, 1.807) is 0 Å². The van der Waals surface area contributed by atoms with E-state index in [9.17, 15) is 10.1 Å². The third kappa shape index (κ3) is 2.78. The van der Waals surface area contributed by atoms with Gasteiger partial charge in [0, 0.05) is 6.54 Å². The summed E-state index contributed by atoms with van der Waals surface area (Å²) in [5, 5.41) is 12.2. The highest BCUT2D eigenvalue weighted by Crippen LogP contribution is 2.37. The van der Waals surface area contributed by atoms with Gasteiger partial charge in [-0.25, -0.2) is 0 Å². The number of amides is 1. The second-order valence-corrected chi connectivity index (χ2v) is 5.21. The second kappa shape index (κ2) is 5.88. The molecule has 3 heteroatoms. The van der Waals surface area contributed by atoms with Crippen molar-refractivity contribution in [3.05, 3.63) is 35.4 Å². The van der Waals surface area contributed by atoms with E-state index in [1.165, 1.54) is 5.56 Å². The lowest BCUT2D eigenvalue weighted by molar-refractivity contribution is -0.128. The molecule has 1 amide bonds. The minimum absolute atomic E-state index is 0.0987. The van der Waals surface area contributed by atoms with Gasteiger partial charge in [-0.2, -0.15) is 5.26 Å². The first kappa shape index (κ1) is 13.6. The average molecular weight is 256 g/mol. The number of carbonyl (C=O) groups is 1. The van der Waals surface area contributed by atoms with Crippen LogP contribution in [0.4, 0.5) is 0 Å². The standard InChI is InChI=1S/C16H20N2O/c1-2-13-7-3-4-8-14(13)11-18-15(19)16(12-17)9-5-6-10-16/h3-4,7-8H,2,5-6,9-11H2,1H3,(H,18,19). The van der Waals surface area contributed by atoms with Crippen LogP contribution < -0.4 is 5.32 Å². The molecule has 0 aliphatic heterocycles. The van der Waals surface area contributed by atoms with Crippen LogP contribution in [0, 0.1) is 16.7 Å². The van der Waals surface area contributed by atoms with Crippen LogP contribution in [0.15, 0.2) is 24.3 Å². The molecule has 0 unspecified atom stereocenters. The highest BCUT2D eigenvalue weighted by Gasteiger charge is 2.41. The number of hydrogen-bond acceptors (Lipinski definition) is 2. The van der Waals surface area contributed by atoms with E-state index < -0.39 is 5.41 Å². The molecule has 3 nitrogen and oxygen atoms in total. The minimum Gasteiger partial charge on any atom is -0.351 e. The van der Waals surface area contributed by atoms with Crippen molar-refractivity contribution in [2.45, 2.75) is 45.6 Å². The summed E-state index contributed by atoms with van der Waals surface area (Å²) in [4.78, 5) is 12.2. The fourth-order valence-corrected chi connectivity index (χ4v) is 2.79. The summed E-state index contributed by atoms with van der Waals surface area (Å²) >= 11 is 0. The molecule has 100 valence electrons. The van der Waals surface area contributed by atoms with Crippen molar-refractivity contribution >= 4 is 5.91 Å². The van der Waals surface area contributed by atoms with E-state index in [2.05, 4.69) is 24.4 Å². The van der Waals surface area contributed by atoms with Gasteiger partial charge in [-0.1, -0.05) is 44.0 Å². The normalized spacial score (nSPS) is 16.8. The molecule has 0 heterocycles. The van der Waals surface area contributed by atoms with E-state index in [0.717, 1.165) is 24.8 Å². The van der Waals surface area contributed by atoms with Crippen molar-refractivity contribution < 1.29 is 4.79 Å². The first-order valence-corrected chi connectivity index (χ1v) is 6.98. The molecule has 0 saturated heterocycles. The SMILES string of the molecule is CCc1ccccc1CNC(=O)C1(C#N)CCCC1. The lowest BCUT2D eigenvalue weighted by Crippen LogP contribution is -2.38. The third-order valence-corrected chi connectivity index (χ3v) is 4.04. The number of nitriles is 1. The van der Waals surface area contributed by atoms with E-state index in [4.69, 9.17) is 0 Å². The Kier molecular flexibility index (Phi) is 4.21. The Bertz CT molecular complexity index is 496. The van der Waals surface area contributed by atoms with Gasteiger partial charge in [0.25, 0.3) is 0 Å². The summed E-state index contributed by atoms with van der Waals surface area (Å²) in [6.07, 6.45) is 4.31. The van der Waals surface area contributed by atoms with Gasteiger partial charge in [-0.3, -0.25) is 4.79 Å². The monoisotopic (exact) mass is 256 g/mol. The Morgan fingerprint density at radius 1 is 1.32 bits per heavy atom. The van der Waals surface area contributed by atoms with Crippen molar-refractivity contribution in [2.75, 3.05) is 0 Å². The molecule has 1 aromatic carbocycles. The maximum atomic E-state index is 12.2. The second-order valence-electron chi connectivity index (χ2n) is 5.21. The smallest absolute Gasteiger partial charge is 0.240 e. The molecule has 1 saturated carbocycles. The first-order chi connectivity index (χ1) is 9.22. The topological polar surface area (TPSA) is 52.9 Å². The van der Waals surface area contributed by atoms with E-state index in [1.807, 2.05) is 18.2 Å². The Hall–Kier alpha value is -1.82. The molecule has 0 aromatic heterocycles. The Labute approximate surface area is 114 Å². The Morgan fingerprint density at radius 3 is 2.53 bits per heavy atom. The van der Waals surface area contributed by atoms with Crippen LogP contribution in [-0.4, -0.2) is 5.91 Å². The zero-order valence-electron chi connectivity index (χ0n) is 11.4. The van der Waals surface area contributed by atoms with Crippen LogP contribution in [0.1, 0.15) is 43.7 Å². The number of carbonyl (C=O) groups excluding carboxylic acids is 1. The van der Waals surface area contributed by atoms with Gasteiger partial charge in [0.05, 0.1) is 6.07 Å². The molecule has 1 aliphatic rings. The minimum atomic E-state index is -0.777. The average Bonchev–Trinajstić information content (AvgIpc) is 2.95. The molecule has 0 spiro atoms. The number of nitrogens with one attached hydrogen (secondary N) is 1. The molecule has 2 rings (SSSR count). The summed E-state index contributed by atoms with van der Waals surface area (Å²) in [5.74, 6) is -0.0987. The molecule has 0 radical (unpaired) electrons. The van der Waals surface area contributed by atoms with Crippen LogP contribution in [-0.2, 0) is 17.8 Å². The molecule has 19 heavy (non-hydrogen) atoms. The molecule has 1 N–H and O–H groups in total. The number of benzene rings is 1. The summed E-state index contributed by atoms with van der Waals surface area (Å²) in [7, 11) is 0. The third-order valence-electron chi connectivity index (χ3n) is 4.04. The Morgan fingerprint density at radius 2 is 1.95 bits per heavy atom. The van der Waals surface area contributed by atoms with Crippen molar-refractivity contribution in [3.63, 3.8) is 0 Å². The zero-order chi connectivity index (χ0) is 13.7. The lowest BCUT2D eigenvalue weighted by atomic mass is 9.87. The molecule has 0 atom stereocenters. The maximum Gasteiger partial charge on any atom is 0.240 e. The summed E-state index contributed by atoms with van der Waals surface area (Å²) in [5.41, 5.74) is 1.62.